The Bertz CT molecular complexity index is 327. The Labute approximate surface area is 75.8 Å². The van der Waals surface area contributed by atoms with Gasteiger partial charge in [-0.15, -0.1) is 0 Å². The lowest BCUT2D eigenvalue weighted by Gasteiger charge is -2.02. The lowest BCUT2D eigenvalue weighted by molar-refractivity contribution is 0.426. The van der Waals surface area contributed by atoms with Crippen LogP contribution >= 0.6 is 0 Å². The molecule has 0 amide bonds. The Morgan fingerprint density at radius 1 is 1.38 bits per heavy atom. The minimum absolute atomic E-state index is 0.155. The number of rotatable bonds is 2. The van der Waals surface area contributed by atoms with Crippen LogP contribution in [0.3, 0.4) is 0 Å². The SMILES string of the molecule is N/N=C(\N)c1cccc(B(O)O)c1. The first-order valence-electron chi connectivity index (χ1n) is 3.65. The average Bonchev–Trinajstić information content (AvgIpc) is 2.17. The molecule has 0 saturated heterocycles. The monoisotopic (exact) mass is 179 g/mol. The molecule has 1 aromatic rings. The van der Waals surface area contributed by atoms with Crippen molar-refractivity contribution in [1.29, 1.82) is 0 Å². The van der Waals surface area contributed by atoms with Crippen molar-refractivity contribution in [2.45, 2.75) is 0 Å². The molecule has 6 heteroatoms. The molecule has 0 aliphatic carbocycles. The van der Waals surface area contributed by atoms with Crippen LogP contribution in [0.25, 0.3) is 0 Å². The second-order valence-corrected chi connectivity index (χ2v) is 2.51. The van der Waals surface area contributed by atoms with Crippen LogP contribution in [0.5, 0.6) is 0 Å². The van der Waals surface area contributed by atoms with Crippen LogP contribution < -0.4 is 17.0 Å². The predicted octanol–water partition coefficient (Wildman–Crippen LogP) is -2.05. The van der Waals surface area contributed by atoms with Crippen molar-refractivity contribution in [2.75, 3.05) is 0 Å². The summed E-state index contributed by atoms with van der Waals surface area (Å²) in [6.07, 6.45) is 0. The molecule has 6 N–H and O–H groups in total. The van der Waals surface area contributed by atoms with Gasteiger partial charge in [0.2, 0.25) is 0 Å². The van der Waals surface area contributed by atoms with E-state index in [-0.39, 0.29) is 5.84 Å². The summed E-state index contributed by atoms with van der Waals surface area (Å²) in [5.41, 5.74) is 6.34. The zero-order valence-corrected chi connectivity index (χ0v) is 6.88. The van der Waals surface area contributed by atoms with Gasteiger partial charge in [0.1, 0.15) is 5.84 Å². The van der Waals surface area contributed by atoms with E-state index in [9.17, 15) is 0 Å². The topological polar surface area (TPSA) is 105 Å². The zero-order valence-electron chi connectivity index (χ0n) is 6.88. The van der Waals surface area contributed by atoms with Gasteiger partial charge in [-0.1, -0.05) is 24.3 Å². The molecular formula is C7H10BN3O2. The Kier molecular flexibility index (Phi) is 2.89. The summed E-state index contributed by atoms with van der Waals surface area (Å²) in [5.74, 6) is 5.12. The van der Waals surface area contributed by atoms with Gasteiger partial charge in [0, 0.05) is 5.56 Å². The lowest BCUT2D eigenvalue weighted by atomic mass is 9.79. The van der Waals surface area contributed by atoms with Crippen molar-refractivity contribution in [2.24, 2.45) is 16.7 Å². The summed E-state index contributed by atoms with van der Waals surface area (Å²) in [4.78, 5) is 0. The number of nitrogens with two attached hydrogens (primary N) is 2. The molecule has 0 spiro atoms. The van der Waals surface area contributed by atoms with Crippen molar-refractivity contribution in [1.82, 2.24) is 0 Å². The van der Waals surface area contributed by atoms with Crippen LogP contribution in [0.4, 0.5) is 0 Å². The number of hydrazone groups is 1. The fourth-order valence-electron chi connectivity index (χ4n) is 0.933. The first kappa shape index (κ1) is 9.56. The Balaban J connectivity index is 3.05. The Hall–Kier alpha value is -1.53. The summed E-state index contributed by atoms with van der Waals surface area (Å²) in [5, 5.41) is 21.0. The molecule has 68 valence electrons. The second-order valence-electron chi connectivity index (χ2n) is 2.51. The molecule has 0 fully saturated rings. The molecule has 1 aromatic carbocycles. The van der Waals surface area contributed by atoms with Crippen LogP contribution in [-0.2, 0) is 0 Å². The number of nitrogens with zero attached hydrogens (tertiary/aromatic N) is 1. The molecule has 0 aliphatic rings. The Morgan fingerprint density at radius 2 is 2.08 bits per heavy atom. The van der Waals surface area contributed by atoms with E-state index >= 15 is 0 Å². The molecule has 13 heavy (non-hydrogen) atoms. The highest BCUT2D eigenvalue weighted by Crippen LogP contribution is 1.95. The summed E-state index contributed by atoms with van der Waals surface area (Å²) >= 11 is 0. The van der Waals surface area contributed by atoms with Gasteiger partial charge in [-0.2, -0.15) is 5.10 Å². The van der Waals surface area contributed by atoms with Crippen molar-refractivity contribution < 1.29 is 10.0 Å². The zero-order chi connectivity index (χ0) is 9.84. The minimum Gasteiger partial charge on any atom is -0.423 e. The molecule has 0 atom stereocenters. The Morgan fingerprint density at radius 3 is 2.62 bits per heavy atom. The fraction of sp³-hybridized carbons (Fsp3) is 0. The van der Waals surface area contributed by atoms with Crippen LogP contribution in [0.2, 0.25) is 0 Å². The van der Waals surface area contributed by atoms with Gasteiger partial charge >= 0.3 is 7.12 Å². The molecule has 0 unspecified atom stereocenters. The van der Waals surface area contributed by atoms with Gasteiger partial charge in [0.25, 0.3) is 0 Å². The highest BCUT2D eigenvalue weighted by atomic mass is 16.4. The van der Waals surface area contributed by atoms with Crippen LogP contribution in [-0.4, -0.2) is 23.0 Å². The third-order valence-corrected chi connectivity index (χ3v) is 1.62. The standard InChI is InChI=1S/C7H10BN3O2/c9-7(11-10)5-2-1-3-6(4-5)8(12)13/h1-4,12-13H,10H2,(H2,9,11). The van der Waals surface area contributed by atoms with Crippen LogP contribution in [0.15, 0.2) is 29.4 Å². The van der Waals surface area contributed by atoms with E-state index in [1.165, 1.54) is 6.07 Å². The van der Waals surface area contributed by atoms with E-state index < -0.39 is 7.12 Å². The third-order valence-electron chi connectivity index (χ3n) is 1.62. The molecule has 0 saturated carbocycles. The van der Waals surface area contributed by atoms with Gasteiger partial charge in [-0.05, 0) is 5.46 Å². The summed E-state index contributed by atoms with van der Waals surface area (Å²) in [7, 11) is -1.51. The molecule has 0 bridgehead atoms. The lowest BCUT2D eigenvalue weighted by Crippen LogP contribution is -2.31. The molecule has 1 rings (SSSR count). The molecule has 5 nitrogen and oxygen atoms in total. The van der Waals surface area contributed by atoms with Crippen molar-refractivity contribution in [3.05, 3.63) is 29.8 Å². The average molecular weight is 179 g/mol. The highest BCUT2D eigenvalue weighted by Gasteiger charge is 2.11. The second kappa shape index (κ2) is 3.93. The van der Waals surface area contributed by atoms with Crippen molar-refractivity contribution in [3.63, 3.8) is 0 Å². The summed E-state index contributed by atoms with van der Waals surface area (Å²) in [6, 6.07) is 6.40. The van der Waals surface area contributed by atoms with Crippen LogP contribution in [0, 0.1) is 0 Å². The van der Waals surface area contributed by atoms with E-state index in [0.717, 1.165) is 0 Å². The first-order valence-corrected chi connectivity index (χ1v) is 3.65. The van der Waals surface area contributed by atoms with Crippen LogP contribution in [0.1, 0.15) is 5.56 Å². The summed E-state index contributed by atoms with van der Waals surface area (Å²) < 4.78 is 0. The van der Waals surface area contributed by atoms with E-state index in [4.69, 9.17) is 21.6 Å². The molecule has 0 aromatic heterocycles. The van der Waals surface area contributed by atoms with E-state index in [0.29, 0.717) is 11.0 Å². The normalized spacial score (nSPS) is 11.4. The first-order chi connectivity index (χ1) is 6.15. The number of benzene rings is 1. The quantitative estimate of drug-likeness (QED) is 0.138. The summed E-state index contributed by atoms with van der Waals surface area (Å²) in [6.45, 7) is 0. The van der Waals surface area contributed by atoms with E-state index in [1.807, 2.05) is 0 Å². The molecule has 0 heterocycles. The van der Waals surface area contributed by atoms with Gasteiger partial charge < -0.3 is 21.6 Å². The van der Waals surface area contributed by atoms with Gasteiger partial charge in [0.05, 0.1) is 0 Å². The van der Waals surface area contributed by atoms with Crippen molar-refractivity contribution >= 4 is 18.4 Å². The smallest absolute Gasteiger partial charge is 0.423 e. The number of amidine groups is 1. The number of hydrogen-bond acceptors (Lipinski definition) is 4. The largest absolute Gasteiger partial charge is 0.488 e. The van der Waals surface area contributed by atoms with E-state index in [2.05, 4.69) is 5.10 Å². The fourth-order valence-corrected chi connectivity index (χ4v) is 0.933. The maximum absolute atomic E-state index is 8.85. The molecular weight excluding hydrogens is 169 g/mol. The van der Waals surface area contributed by atoms with Gasteiger partial charge in [-0.25, -0.2) is 0 Å². The molecule has 0 aliphatic heterocycles. The molecule has 0 radical (unpaired) electrons. The van der Waals surface area contributed by atoms with E-state index in [1.54, 1.807) is 18.2 Å². The predicted molar refractivity (Wildman–Crippen MR) is 51.2 cm³/mol. The maximum atomic E-state index is 8.85. The maximum Gasteiger partial charge on any atom is 0.488 e. The highest BCUT2D eigenvalue weighted by molar-refractivity contribution is 6.58. The number of hydrogen-bond donors (Lipinski definition) is 4. The van der Waals surface area contributed by atoms with Crippen molar-refractivity contribution in [3.8, 4) is 0 Å². The third kappa shape index (κ3) is 2.20. The van der Waals surface area contributed by atoms with Gasteiger partial charge in [-0.3, -0.25) is 0 Å². The minimum atomic E-state index is -1.51. The van der Waals surface area contributed by atoms with Gasteiger partial charge in [0.15, 0.2) is 0 Å².